The van der Waals surface area contributed by atoms with E-state index in [1.807, 2.05) is 0 Å². The molecule has 2 aromatic rings. The molecule has 5 nitrogen and oxygen atoms in total. The normalized spacial score (nSPS) is 10.7. The number of carboxylic acids is 1. The molecule has 0 amide bonds. The van der Waals surface area contributed by atoms with E-state index in [9.17, 15) is 4.79 Å². The third kappa shape index (κ3) is 1.06. The maximum Gasteiger partial charge on any atom is 0.323 e. The molecule has 0 radical (unpaired) electrons. The SMILES string of the molecule is O=C(O)Cn1cnc2csnc21. The van der Waals surface area contributed by atoms with Gasteiger partial charge in [0, 0.05) is 5.38 Å². The largest absolute Gasteiger partial charge is 0.480 e. The van der Waals surface area contributed by atoms with Crippen molar-refractivity contribution in [1.82, 2.24) is 13.9 Å². The van der Waals surface area contributed by atoms with Gasteiger partial charge >= 0.3 is 5.97 Å². The summed E-state index contributed by atoms with van der Waals surface area (Å²) in [6.45, 7) is -0.0831. The Kier molecular flexibility index (Phi) is 1.54. The summed E-state index contributed by atoms with van der Waals surface area (Å²) in [6, 6.07) is 0. The Balaban J connectivity index is 2.47. The summed E-state index contributed by atoms with van der Waals surface area (Å²) in [5.41, 5.74) is 1.39. The van der Waals surface area contributed by atoms with Crippen LogP contribution in [-0.4, -0.2) is 25.0 Å². The van der Waals surface area contributed by atoms with Crippen molar-refractivity contribution < 1.29 is 9.90 Å². The van der Waals surface area contributed by atoms with E-state index in [0.29, 0.717) is 5.65 Å². The zero-order valence-electron chi connectivity index (χ0n) is 5.97. The lowest BCUT2D eigenvalue weighted by Crippen LogP contribution is -2.07. The molecule has 0 aliphatic heterocycles. The number of aliphatic carboxylic acids is 1. The molecule has 0 spiro atoms. The van der Waals surface area contributed by atoms with E-state index in [0.717, 1.165) is 5.52 Å². The van der Waals surface area contributed by atoms with Crippen molar-refractivity contribution in [2.75, 3.05) is 0 Å². The van der Waals surface area contributed by atoms with Crippen molar-refractivity contribution in [3.8, 4) is 0 Å². The Bertz CT molecular complexity index is 419. The molecule has 2 rings (SSSR count). The second-order valence-corrected chi connectivity index (χ2v) is 2.92. The summed E-state index contributed by atoms with van der Waals surface area (Å²) in [5.74, 6) is -0.887. The molecule has 0 bridgehead atoms. The van der Waals surface area contributed by atoms with Gasteiger partial charge in [0.25, 0.3) is 0 Å². The van der Waals surface area contributed by atoms with Gasteiger partial charge in [-0.15, -0.1) is 0 Å². The van der Waals surface area contributed by atoms with E-state index in [1.54, 1.807) is 5.38 Å². The molecule has 2 heterocycles. The molecular formula is C6H5N3O2S. The summed E-state index contributed by atoms with van der Waals surface area (Å²) < 4.78 is 5.52. The van der Waals surface area contributed by atoms with Gasteiger partial charge in [0.15, 0.2) is 5.65 Å². The molecule has 0 saturated carbocycles. The van der Waals surface area contributed by atoms with Gasteiger partial charge < -0.3 is 9.67 Å². The number of rotatable bonds is 2. The van der Waals surface area contributed by atoms with Gasteiger partial charge in [0.05, 0.1) is 6.33 Å². The highest BCUT2D eigenvalue weighted by atomic mass is 32.1. The highest BCUT2D eigenvalue weighted by Gasteiger charge is 2.06. The van der Waals surface area contributed by atoms with Crippen LogP contribution in [0.15, 0.2) is 11.7 Å². The molecule has 0 aliphatic carbocycles. The number of imidazole rings is 1. The predicted octanol–water partition coefficient (Wildman–Crippen LogP) is 0.577. The Morgan fingerprint density at radius 3 is 3.33 bits per heavy atom. The fourth-order valence-corrected chi connectivity index (χ4v) is 1.58. The van der Waals surface area contributed by atoms with Gasteiger partial charge in [0.2, 0.25) is 0 Å². The molecule has 0 atom stereocenters. The van der Waals surface area contributed by atoms with Crippen LogP contribution in [0.5, 0.6) is 0 Å². The van der Waals surface area contributed by atoms with E-state index in [-0.39, 0.29) is 6.54 Å². The quantitative estimate of drug-likeness (QED) is 0.739. The van der Waals surface area contributed by atoms with Crippen LogP contribution in [0.3, 0.4) is 0 Å². The minimum absolute atomic E-state index is 0.0831. The third-order valence-electron chi connectivity index (χ3n) is 1.45. The molecule has 1 N–H and O–H groups in total. The zero-order valence-corrected chi connectivity index (χ0v) is 6.78. The molecule has 0 fully saturated rings. The van der Waals surface area contributed by atoms with Crippen LogP contribution in [0, 0.1) is 0 Å². The first-order chi connectivity index (χ1) is 5.77. The first-order valence-corrected chi connectivity index (χ1v) is 4.08. The van der Waals surface area contributed by atoms with Gasteiger partial charge in [0.1, 0.15) is 12.1 Å². The van der Waals surface area contributed by atoms with Crippen LogP contribution >= 0.6 is 11.5 Å². The molecule has 0 unspecified atom stereocenters. The fraction of sp³-hybridized carbons (Fsp3) is 0.167. The number of hydrogen-bond acceptors (Lipinski definition) is 4. The van der Waals surface area contributed by atoms with Crippen LogP contribution in [0.4, 0.5) is 0 Å². The second kappa shape index (κ2) is 2.56. The maximum absolute atomic E-state index is 10.4. The highest BCUT2D eigenvalue weighted by molar-refractivity contribution is 7.04. The summed E-state index contributed by atoms with van der Waals surface area (Å²) in [4.78, 5) is 14.3. The molecule has 0 aliphatic rings. The molecule has 2 aromatic heterocycles. The van der Waals surface area contributed by atoms with Gasteiger partial charge in [-0.1, -0.05) is 0 Å². The lowest BCUT2D eigenvalue weighted by atomic mass is 10.6. The Morgan fingerprint density at radius 1 is 1.75 bits per heavy atom. The summed E-state index contributed by atoms with van der Waals surface area (Å²) in [7, 11) is 0. The molecular weight excluding hydrogens is 178 g/mol. The highest BCUT2D eigenvalue weighted by Crippen LogP contribution is 2.12. The van der Waals surface area contributed by atoms with Crippen molar-refractivity contribution in [2.45, 2.75) is 6.54 Å². The number of carbonyl (C=O) groups is 1. The molecule has 0 saturated heterocycles. The molecule has 6 heteroatoms. The smallest absolute Gasteiger partial charge is 0.323 e. The number of carboxylic acid groups (broad SMARTS) is 1. The lowest BCUT2D eigenvalue weighted by Gasteiger charge is -1.94. The summed E-state index contributed by atoms with van der Waals surface area (Å²) in [5, 5.41) is 10.3. The average molecular weight is 183 g/mol. The monoisotopic (exact) mass is 183 g/mol. The van der Waals surface area contributed by atoms with Crippen molar-refractivity contribution in [3.63, 3.8) is 0 Å². The zero-order chi connectivity index (χ0) is 8.55. The number of fused-ring (bicyclic) bond motifs is 1. The molecule has 0 aromatic carbocycles. The van der Waals surface area contributed by atoms with Crippen molar-refractivity contribution >= 4 is 28.7 Å². The van der Waals surface area contributed by atoms with Crippen LogP contribution in [0.1, 0.15) is 0 Å². The Hall–Kier alpha value is -1.43. The fourth-order valence-electron chi connectivity index (χ4n) is 0.961. The van der Waals surface area contributed by atoms with Crippen LogP contribution in [-0.2, 0) is 11.3 Å². The van der Waals surface area contributed by atoms with Crippen LogP contribution < -0.4 is 0 Å². The van der Waals surface area contributed by atoms with E-state index < -0.39 is 5.97 Å². The van der Waals surface area contributed by atoms with Crippen molar-refractivity contribution in [1.29, 1.82) is 0 Å². The lowest BCUT2D eigenvalue weighted by molar-refractivity contribution is -0.137. The van der Waals surface area contributed by atoms with E-state index in [2.05, 4.69) is 9.36 Å². The average Bonchev–Trinajstić information content (AvgIpc) is 2.52. The number of nitrogens with zero attached hydrogens (tertiary/aromatic N) is 3. The van der Waals surface area contributed by atoms with Gasteiger partial charge in [-0.25, -0.2) is 4.98 Å². The number of aromatic nitrogens is 3. The topological polar surface area (TPSA) is 68.0 Å². The third-order valence-corrected chi connectivity index (χ3v) is 2.05. The van der Waals surface area contributed by atoms with E-state index in [4.69, 9.17) is 5.11 Å². The summed E-state index contributed by atoms with van der Waals surface area (Å²) >= 11 is 1.27. The van der Waals surface area contributed by atoms with Gasteiger partial charge in [-0.3, -0.25) is 4.79 Å². The molecule has 62 valence electrons. The minimum Gasteiger partial charge on any atom is -0.480 e. The predicted molar refractivity (Wildman–Crippen MR) is 43.0 cm³/mol. The molecule has 12 heavy (non-hydrogen) atoms. The van der Waals surface area contributed by atoms with Crippen molar-refractivity contribution in [3.05, 3.63) is 11.7 Å². The Labute approximate surface area is 71.4 Å². The minimum atomic E-state index is -0.887. The van der Waals surface area contributed by atoms with Gasteiger partial charge in [-0.2, -0.15) is 4.37 Å². The number of hydrogen-bond donors (Lipinski definition) is 1. The maximum atomic E-state index is 10.4. The summed E-state index contributed by atoms with van der Waals surface area (Å²) in [6.07, 6.45) is 1.48. The Morgan fingerprint density at radius 2 is 2.58 bits per heavy atom. The van der Waals surface area contributed by atoms with Gasteiger partial charge in [-0.05, 0) is 11.5 Å². The first kappa shape index (κ1) is 7.23. The van der Waals surface area contributed by atoms with Crippen LogP contribution in [0.2, 0.25) is 0 Å². The standard InChI is InChI=1S/C6H5N3O2S/c10-5(11)1-9-3-7-4-2-12-8-6(4)9/h2-3H,1H2,(H,10,11). The first-order valence-electron chi connectivity index (χ1n) is 3.24. The second-order valence-electron chi connectivity index (χ2n) is 2.29. The van der Waals surface area contributed by atoms with E-state index >= 15 is 0 Å². The van der Waals surface area contributed by atoms with Crippen molar-refractivity contribution in [2.24, 2.45) is 0 Å². The van der Waals surface area contributed by atoms with Crippen LogP contribution in [0.25, 0.3) is 11.2 Å². The van der Waals surface area contributed by atoms with E-state index in [1.165, 1.54) is 22.4 Å².